The minimum absolute atomic E-state index is 0. The largest absolute Gasteiger partial charge is 0.352 e. The number of rotatable bonds is 2. The van der Waals surface area contributed by atoms with Crippen molar-refractivity contribution in [3.63, 3.8) is 0 Å². The summed E-state index contributed by atoms with van der Waals surface area (Å²) < 4.78 is 25.2. The standard InChI is InChI=1S/C9H9F2NO.CH4/c1-2-12-9(13)6-3-7(10)5-8(11)4-6;/h3-5H,2H2,1H3,(H,12,13);1H4. The Balaban J connectivity index is 0.00000169. The molecule has 2 nitrogen and oxygen atoms in total. The van der Waals surface area contributed by atoms with Crippen LogP contribution in [0.1, 0.15) is 24.7 Å². The number of nitrogens with one attached hydrogen (secondary N) is 1. The van der Waals surface area contributed by atoms with Crippen LogP contribution in [0.4, 0.5) is 8.78 Å². The van der Waals surface area contributed by atoms with Gasteiger partial charge < -0.3 is 5.32 Å². The Hall–Kier alpha value is -1.45. The van der Waals surface area contributed by atoms with Crippen LogP contribution in [0.2, 0.25) is 0 Å². The maximum absolute atomic E-state index is 12.6. The molecule has 0 fully saturated rings. The Labute approximate surface area is 81.9 Å². The summed E-state index contributed by atoms with van der Waals surface area (Å²) in [6.45, 7) is 2.16. The molecule has 1 rings (SSSR count). The van der Waals surface area contributed by atoms with Crippen molar-refractivity contribution in [3.05, 3.63) is 35.4 Å². The average molecular weight is 201 g/mol. The molecule has 14 heavy (non-hydrogen) atoms. The van der Waals surface area contributed by atoms with Crippen molar-refractivity contribution in [2.24, 2.45) is 0 Å². The second-order valence-corrected chi connectivity index (χ2v) is 2.52. The van der Waals surface area contributed by atoms with Gasteiger partial charge in [-0.3, -0.25) is 4.79 Å². The van der Waals surface area contributed by atoms with Gasteiger partial charge in [-0.2, -0.15) is 0 Å². The fraction of sp³-hybridized carbons (Fsp3) is 0.300. The van der Waals surface area contributed by atoms with Crippen LogP contribution >= 0.6 is 0 Å². The quantitative estimate of drug-likeness (QED) is 0.781. The summed E-state index contributed by atoms with van der Waals surface area (Å²) in [6, 6.07) is 2.71. The molecule has 1 amide bonds. The first kappa shape index (κ1) is 12.6. The van der Waals surface area contributed by atoms with Crippen LogP contribution in [0.3, 0.4) is 0 Å². The number of hydrogen-bond donors (Lipinski definition) is 1. The third-order valence-corrected chi connectivity index (χ3v) is 1.46. The molecule has 0 aliphatic heterocycles. The molecule has 78 valence electrons. The molecule has 0 heterocycles. The summed E-state index contributed by atoms with van der Waals surface area (Å²) in [7, 11) is 0. The smallest absolute Gasteiger partial charge is 0.251 e. The van der Waals surface area contributed by atoms with Crippen LogP contribution in [-0.4, -0.2) is 12.5 Å². The Morgan fingerprint density at radius 2 is 1.79 bits per heavy atom. The van der Waals surface area contributed by atoms with Gasteiger partial charge in [-0.15, -0.1) is 0 Å². The predicted molar refractivity (Wildman–Crippen MR) is 51.1 cm³/mol. The number of hydrogen-bond acceptors (Lipinski definition) is 1. The first-order valence-corrected chi connectivity index (χ1v) is 3.87. The molecule has 0 unspecified atom stereocenters. The summed E-state index contributed by atoms with van der Waals surface area (Å²) >= 11 is 0. The number of carbonyl (C=O) groups is 1. The number of halogens is 2. The fourth-order valence-corrected chi connectivity index (χ4v) is 0.948. The van der Waals surface area contributed by atoms with Crippen molar-refractivity contribution < 1.29 is 13.6 Å². The van der Waals surface area contributed by atoms with Gasteiger partial charge in [0.15, 0.2) is 0 Å². The van der Waals surface area contributed by atoms with Crippen LogP contribution in [0, 0.1) is 11.6 Å². The van der Waals surface area contributed by atoms with Gasteiger partial charge in [0.05, 0.1) is 0 Å². The van der Waals surface area contributed by atoms with Gasteiger partial charge in [-0.1, -0.05) is 7.43 Å². The van der Waals surface area contributed by atoms with Gasteiger partial charge in [0.1, 0.15) is 11.6 Å². The molecule has 0 radical (unpaired) electrons. The van der Waals surface area contributed by atoms with Crippen molar-refractivity contribution in [3.8, 4) is 0 Å². The van der Waals surface area contributed by atoms with Crippen molar-refractivity contribution in [2.45, 2.75) is 14.4 Å². The monoisotopic (exact) mass is 201 g/mol. The van der Waals surface area contributed by atoms with Crippen LogP contribution in [0.25, 0.3) is 0 Å². The van der Waals surface area contributed by atoms with Gasteiger partial charge >= 0.3 is 0 Å². The van der Waals surface area contributed by atoms with E-state index in [0.717, 1.165) is 18.2 Å². The SMILES string of the molecule is C.CCNC(=O)c1cc(F)cc(F)c1. The lowest BCUT2D eigenvalue weighted by Crippen LogP contribution is -2.22. The molecular formula is C10H13F2NO. The Morgan fingerprint density at radius 3 is 2.21 bits per heavy atom. The van der Waals surface area contributed by atoms with Gasteiger partial charge in [-0.05, 0) is 19.1 Å². The normalized spacial score (nSPS) is 9.07. The number of amides is 1. The molecule has 4 heteroatoms. The molecule has 1 N–H and O–H groups in total. The minimum atomic E-state index is -0.749. The van der Waals surface area contributed by atoms with E-state index >= 15 is 0 Å². The topological polar surface area (TPSA) is 29.1 Å². The molecule has 0 aliphatic carbocycles. The molecular weight excluding hydrogens is 188 g/mol. The molecule has 1 aromatic carbocycles. The van der Waals surface area contributed by atoms with Gasteiger partial charge in [-0.25, -0.2) is 8.78 Å². The third kappa shape index (κ3) is 3.12. The molecule has 1 aromatic rings. The summed E-state index contributed by atoms with van der Waals surface area (Å²) in [6.07, 6.45) is 0. The van der Waals surface area contributed by atoms with Crippen LogP contribution in [0.5, 0.6) is 0 Å². The zero-order valence-electron chi connectivity index (χ0n) is 7.10. The lowest BCUT2D eigenvalue weighted by molar-refractivity contribution is 0.0955. The van der Waals surface area contributed by atoms with E-state index in [9.17, 15) is 13.6 Å². The lowest BCUT2D eigenvalue weighted by atomic mass is 10.2. The second-order valence-electron chi connectivity index (χ2n) is 2.52. The summed E-state index contributed by atoms with van der Waals surface area (Å²) in [4.78, 5) is 11.1. The van der Waals surface area contributed by atoms with Crippen molar-refractivity contribution in [2.75, 3.05) is 6.54 Å². The second kappa shape index (κ2) is 5.32. The van der Waals surface area contributed by atoms with E-state index < -0.39 is 17.5 Å². The summed E-state index contributed by atoms with van der Waals surface area (Å²) in [5, 5.41) is 2.44. The van der Waals surface area contributed by atoms with Crippen LogP contribution < -0.4 is 5.32 Å². The fourth-order valence-electron chi connectivity index (χ4n) is 0.948. The molecule has 0 aliphatic rings. The molecule has 0 spiro atoms. The van der Waals surface area contributed by atoms with E-state index in [2.05, 4.69) is 5.32 Å². The number of carbonyl (C=O) groups excluding carboxylic acids is 1. The molecule has 0 saturated carbocycles. The van der Waals surface area contributed by atoms with Gasteiger partial charge in [0.2, 0.25) is 0 Å². The van der Waals surface area contributed by atoms with Crippen LogP contribution in [-0.2, 0) is 0 Å². The van der Waals surface area contributed by atoms with E-state index in [1.165, 1.54) is 0 Å². The van der Waals surface area contributed by atoms with E-state index in [0.29, 0.717) is 6.54 Å². The van der Waals surface area contributed by atoms with Crippen molar-refractivity contribution in [1.82, 2.24) is 5.32 Å². The lowest BCUT2D eigenvalue weighted by Gasteiger charge is -2.01. The highest BCUT2D eigenvalue weighted by molar-refractivity contribution is 5.94. The molecule has 0 aromatic heterocycles. The molecule has 0 atom stereocenters. The third-order valence-electron chi connectivity index (χ3n) is 1.46. The van der Waals surface area contributed by atoms with Crippen molar-refractivity contribution in [1.29, 1.82) is 0 Å². The van der Waals surface area contributed by atoms with Gasteiger partial charge in [0, 0.05) is 18.2 Å². The summed E-state index contributed by atoms with van der Waals surface area (Å²) in [5.74, 6) is -1.97. The average Bonchev–Trinajstić information content (AvgIpc) is 2.03. The van der Waals surface area contributed by atoms with E-state index in [-0.39, 0.29) is 13.0 Å². The van der Waals surface area contributed by atoms with Gasteiger partial charge in [0.25, 0.3) is 5.91 Å². The minimum Gasteiger partial charge on any atom is -0.352 e. The Kier molecular flexibility index (Phi) is 4.77. The first-order chi connectivity index (χ1) is 6.13. The highest BCUT2D eigenvalue weighted by Crippen LogP contribution is 2.07. The predicted octanol–water partition coefficient (Wildman–Crippen LogP) is 2.35. The zero-order chi connectivity index (χ0) is 9.84. The van der Waals surface area contributed by atoms with Crippen molar-refractivity contribution >= 4 is 5.91 Å². The Bertz CT molecular complexity index is 306. The number of benzene rings is 1. The maximum atomic E-state index is 12.6. The highest BCUT2D eigenvalue weighted by Gasteiger charge is 2.07. The molecule has 0 bridgehead atoms. The molecule has 0 saturated heterocycles. The van der Waals surface area contributed by atoms with E-state index in [1.807, 2.05) is 0 Å². The zero-order valence-corrected chi connectivity index (χ0v) is 7.10. The highest BCUT2D eigenvalue weighted by atomic mass is 19.1. The van der Waals surface area contributed by atoms with E-state index in [1.54, 1.807) is 6.92 Å². The first-order valence-electron chi connectivity index (χ1n) is 3.87. The van der Waals surface area contributed by atoms with E-state index in [4.69, 9.17) is 0 Å². The Morgan fingerprint density at radius 1 is 1.29 bits per heavy atom. The maximum Gasteiger partial charge on any atom is 0.251 e. The summed E-state index contributed by atoms with van der Waals surface area (Å²) in [5.41, 5.74) is -0.000602. The van der Waals surface area contributed by atoms with Crippen LogP contribution in [0.15, 0.2) is 18.2 Å².